The van der Waals surface area contributed by atoms with E-state index in [1.807, 2.05) is 0 Å². The molecule has 0 aromatic heterocycles. The summed E-state index contributed by atoms with van der Waals surface area (Å²) in [7, 11) is 1.27. The van der Waals surface area contributed by atoms with Gasteiger partial charge in [-0.15, -0.1) is 0 Å². The molecule has 0 fully saturated rings. The van der Waals surface area contributed by atoms with E-state index in [9.17, 15) is 14.4 Å². The Morgan fingerprint density at radius 3 is 2.50 bits per heavy atom. The summed E-state index contributed by atoms with van der Waals surface area (Å²) in [6.07, 6.45) is 0.487. The fourth-order valence-electron chi connectivity index (χ4n) is 1.49. The van der Waals surface area contributed by atoms with Gasteiger partial charge in [-0.05, 0) is 5.92 Å². The van der Waals surface area contributed by atoms with Crippen LogP contribution in [0.15, 0.2) is 5.10 Å². The molecular weight excluding hydrogens is 238 g/mol. The number of nitrogens with zero attached hydrogens (tertiary/aromatic N) is 1. The molecule has 1 atom stereocenters. The second kappa shape index (κ2) is 6.13. The van der Waals surface area contributed by atoms with Crippen molar-refractivity contribution in [3.05, 3.63) is 0 Å². The lowest BCUT2D eigenvalue weighted by molar-refractivity contribution is -0.145. The Bertz CT molecular complexity index is 390. The average molecular weight is 255 g/mol. The van der Waals surface area contributed by atoms with Crippen LogP contribution < -0.4 is 10.7 Å². The zero-order chi connectivity index (χ0) is 13.7. The normalized spacial score (nSPS) is 16.7. The maximum absolute atomic E-state index is 11.8. The fraction of sp³-hybridized carbons (Fsp3) is 0.636. The van der Waals surface area contributed by atoms with E-state index in [1.165, 1.54) is 7.11 Å². The number of amides is 2. The molecule has 18 heavy (non-hydrogen) atoms. The van der Waals surface area contributed by atoms with Gasteiger partial charge in [-0.25, -0.2) is 10.2 Å². The summed E-state index contributed by atoms with van der Waals surface area (Å²) in [6, 6.07) is -0.720. The van der Waals surface area contributed by atoms with E-state index >= 15 is 0 Å². The maximum atomic E-state index is 11.8. The molecule has 0 spiro atoms. The van der Waals surface area contributed by atoms with Crippen LogP contribution in [-0.4, -0.2) is 36.6 Å². The largest absolute Gasteiger partial charge is 0.467 e. The van der Waals surface area contributed by atoms with Crippen molar-refractivity contribution in [3.8, 4) is 0 Å². The lowest BCUT2D eigenvalue weighted by Gasteiger charge is -2.20. The molecule has 7 nitrogen and oxygen atoms in total. The molecule has 0 saturated carbocycles. The van der Waals surface area contributed by atoms with Crippen molar-refractivity contribution in [1.82, 2.24) is 10.7 Å². The van der Waals surface area contributed by atoms with E-state index < -0.39 is 17.9 Å². The Balaban J connectivity index is 2.67. The number of nitrogens with one attached hydrogen (secondary N) is 2. The van der Waals surface area contributed by atoms with Crippen LogP contribution in [-0.2, 0) is 19.1 Å². The highest BCUT2D eigenvalue weighted by atomic mass is 16.5. The molecule has 7 heteroatoms. The number of hydrazone groups is 1. The van der Waals surface area contributed by atoms with Crippen molar-refractivity contribution in [2.24, 2.45) is 11.0 Å². The van der Waals surface area contributed by atoms with Crippen molar-refractivity contribution < 1.29 is 19.1 Å². The third-order valence-corrected chi connectivity index (χ3v) is 2.57. The number of carbonyl (C=O) groups is 3. The maximum Gasteiger partial charge on any atom is 0.328 e. The van der Waals surface area contributed by atoms with Crippen molar-refractivity contribution in [3.63, 3.8) is 0 Å². The topological polar surface area (TPSA) is 96.9 Å². The quantitative estimate of drug-likeness (QED) is 0.666. The third-order valence-electron chi connectivity index (χ3n) is 2.57. The van der Waals surface area contributed by atoms with Gasteiger partial charge in [-0.3, -0.25) is 9.59 Å². The minimum Gasteiger partial charge on any atom is -0.467 e. The first-order valence-corrected chi connectivity index (χ1v) is 5.69. The predicted octanol–water partition coefficient (Wildman–Crippen LogP) is -0.434. The number of hydrogen-bond donors (Lipinski definition) is 2. The lowest BCUT2D eigenvalue weighted by atomic mass is 10.0. The van der Waals surface area contributed by atoms with E-state index in [1.54, 1.807) is 13.8 Å². The summed E-state index contributed by atoms with van der Waals surface area (Å²) in [5.41, 5.74) is 2.44. The van der Waals surface area contributed by atoms with Gasteiger partial charge in [0.15, 0.2) is 0 Å². The molecule has 1 aliphatic heterocycles. The molecule has 0 aliphatic carbocycles. The SMILES string of the molecule is COC(=O)C(NC(=O)C1=NNC(=O)CC1)C(C)C. The van der Waals surface area contributed by atoms with Gasteiger partial charge >= 0.3 is 5.97 Å². The highest BCUT2D eigenvalue weighted by molar-refractivity contribution is 6.39. The van der Waals surface area contributed by atoms with Crippen molar-refractivity contribution in [2.75, 3.05) is 7.11 Å². The summed E-state index contributed by atoms with van der Waals surface area (Å²) >= 11 is 0. The Morgan fingerprint density at radius 1 is 1.39 bits per heavy atom. The van der Waals surface area contributed by atoms with Gasteiger partial charge in [0.1, 0.15) is 11.8 Å². The van der Waals surface area contributed by atoms with Gasteiger partial charge in [0.05, 0.1) is 7.11 Å². The number of esters is 1. The van der Waals surface area contributed by atoms with Crippen molar-refractivity contribution in [1.29, 1.82) is 0 Å². The van der Waals surface area contributed by atoms with Crippen LogP contribution in [0.3, 0.4) is 0 Å². The minimum absolute atomic E-state index is 0.0971. The molecule has 0 saturated heterocycles. The highest BCUT2D eigenvalue weighted by Crippen LogP contribution is 2.05. The van der Waals surface area contributed by atoms with Crippen LogP contribution >= 0.6 is 0 Å². The number of methoxy groups -OCH3 is 1. The molecule has 100 valence electrons. The van der Waals surface area contributed by atoms with Crippen LogP contribution in [0, 0.1) is 5.92 Å². The molecule has 1 aliphatic rings. The number of rotatable bonds is 4. The zero-order valence-electron chi connectivity index (χ0n) is 10.6. The average Bonchev–Trinajstić information content (AvgIpc) is 2.35. The second-order valence-corrected chi connectivity index (χ2v) is 4.31. The molecule has 0 bridgehead atoms. The summed E-state index contributed by atoms with van der Waals surface area (Å²) in [5, 5.41) is 6.22. The summed E-state index contributed by atoms with van der Waals surface area (Å²) < 4.78 is 4.62. The van der Waals surface area contributed by atoms with Gasteiger partial charge in [-0.1, -0.05) is 13.8 Å². The van der Waals surface area contributed by atoms with Crippen LogP contribution in [0.5, 0.6) is 0 Å². The van der Waals surface area contributed by atoms with Crippen LogP contribution in [0.1, 0.15) is 26.7 Å². The van der Waals surface area contributed by atoms with E-state index in [0.29, 0.717) is 0 Å². The first kappa shape index (κ1) is 14.1. The van der Waals surface area contributed by atoms with E-state index in [4.69, 9.17) is 0 Å². The molecule has 0 radical (unpaired) electrons. The standard InChI is InChI=1S/C11H17N3O4/c1-6(2)9(11(17)18-3)12-10(16)7-4-5-8(15)14-13-7/h6,9H,4-5H2,1-3H3,(H,12,16)(H,14,15). The Kier molecular flexibility index (Phi) is 4.82. The van der Waals surface area contributed by atoms with Gasteiger partial charge in [0, 0.05) is 12.8 Å². The first-order chi connectivity index (χ1) is 8.45. The molecule has 1 unspecified atom stereocenters. The molecule has 2 N–H and O–H groups in total. The second-order valence-electron chi connectivity index (χ2n) is 4.31. The molecule has 0 aromatic carbocycles. The molecule has 2 amide bonds. The monoisotopic (exact) mass is 255 g/mol. The van der Waals surface area contributed by atoms with Gasteiger partial charge in [0.25, 0.3) is 5.91 Å². The van der Waals surface area contributed by atoms with Crippen molar-refractivity contribution in [2.45, 2.75) is 32.7 Å². The van der Waals surface area contributed by atoms with Gasteiger partial charge in [-0.2, -0.15) is 5.10 Å². The first-order valence-electron chi connectivity index (χ1n) is 5.69. The summed E-state index contributed by atoms with van der Waals surface area (Å²) in [4.78, 5) is 34.2. The van der Waals surface area contributed by atoms with E-state index in [0.717, 1.165) is 0 Å². The number of hydrogen-bond acceptors (Lipinski definition) is 5. The minimum atomic E-state index is -0.720. The zero-order valence-corrected chi connectivity index (χ0v) is 10.6. The number of ether oxygens (including phenoxy) is 1. The Hall–Kier alpha value is -1.92. The lowest BCUT2D eigenvalue weighted by Crippen LogP contribution is -2.48. The molecule has 1 rings (SSSR count). The summed E-state index contributed by atoms with van der Waals surface area (Å²) in [6.45, 7) is 3.60. The van der Waals surface area contributed by atoms with Crippen LogP contribution in [0.25, 0.3) is 0 Å². The number of carbonyl (C=O) groups excluding carboxylic acids is 3. The Morgan fingerprint density at radius 2 is 2.06 bits per heavy atom. The third kappa shape index (κ3) is 3.54. The van der Waals surface area contributed by atoms with Crippen LogP contribution in [0.4, 0.5) is 0 Å². The van der Waals surface area contributed by atoms with Crippen molar-refractivity contribution >= 4 is 23.5 Å². The fourth-order valence-corrected chi connectivity index (χ4v) is 1.49. The Labute approximate surface area is 105 Å². The summed E-state index contributed by atoms with van der Waals surface area (Å²) in [5.74, 6) is -1.28. The molecule has 1 heterocycles. The van der Waals surface area contributed by atoms with Crippen LogP contribution in [0.2, 0.25) is 0 Å². The molecule has 0 aromatic rings. The predicted molar refractivity (Wildman–Crippen MR) is 63.6 cm³/mol. The smallest absolute Gasteiger partial charge is 0.328 e. The molecular formula is C11H17N3O4. The highest BCUT2D eigenvalue weighted by Gasteiger charge is 2.27. The van der Waals surface area contributed by atoms with E-state index in [-0.39, 0.29) is 30.4 Å². The van der Waals surface area contributed by atoms with Gasteiger partial charge < -0.3 is 10.1 Å². The van der Waals surface area contributed by atoms with Gasteiger partial charge in [0.2, 0.25) is 5.91 Å². The van der Waals surface area contributed by atoms with E-state index in [2.05, 4.69) is 20.6 Å².